The lowest BCUT2D eigenvalue weighted by Crippen LogP contribution is -2.56. The van der Waals surface area contributed by atoms with Gasteiger partial charge in [-0.1, -0.05) is 63.9 Å². The molecule has 3 aliphatic rings. The molecule has 8 nitrogen and oxygen atoms in total. The number of likely N-dealkylation sites (N-methyl/N-ethyl adjacent to an activating group) is 1. The topological polar surface area (TPSA) is 106 Å². The highest BCUT2D eigenvalue weighted by atomic mass is 35.5. The van der Waals surface area contributed by atoms with Gasteiger partial charge in [-0.05, 0) is 77.5 Å². The number of ketones is 1. The number of hydrogen-bond donors (Lipinski definition) is 2. The van der Waals surface area contributed by atoms with Gasteiger partial charge >= 0.3 is 5.97 Å². The molecule has 3 saturated heterocycles. The number of rotatable bonds is 10. The summed E-state index contributed by atoms with van der Waals surface area (Å²) in [7, 11) is 1.99. The third kappa shape index (κ3) is 9.04. The third-order valence-electron chi connectivity index (χ3n) is 10.1. The number of aliphatic hydroxyl groups is 2. The van der Waals surface area contributed by atoms with Crippen molar-refractivity contribution in [3.8, 4) is 0 Å². The maximum Gasteiger partial charge on any atom is 0.313 e. The number of carbonyl (C=O) groups is 2. The first-order chi connectivity index (χ1) is 20.7. The van der Waals surface area contributed by atoms with Crippen molar-refractivity contribution in [2.24, 2.45) is 23.7 Å². The normalized spacial score (nSPS) is 40.0. The smallest absolute Gasteiger partial charge is 0.313 e. The molecule has 0 radical (unpaired) electrons. The maximum absolute atomic E-state index is 13.6. The van der Waals surface area contributed by atoms with E-state index in [0.717, 1.165) is 6.42 Å². The van der Waals surface area contributed by atoms with E-state index in [1.807, 2.05) is 72.0 Å². The molecular formula is C35H56ClNO7. The molecule has 0 aromatic carbocycles. The Labute approximate surface area is 269 Å². The summed E-state index contributed by atoms with van der Waals surface area (Å²) >= 11 is 6.15. The summed E-state index contributed by atoms with van der Waals surface area (Å²) in [5.74, 6) is -1.79. The molecule has 3 aliphatic heterocycles. The minimum atomic E-state index is -0.831. The van der Waals surface area contributed by atoms with E-state index in [1.54, 1.807) is 0 Å². The summed E-state index contributed by atoms with van der Waals surface area (Å²) < 4.78 is 19.1. The van der Waals surface area contributed by atoms with Gasteiger partial charge in [0.1, 0.15) is 18.3 Å². The van der Waals surface area contributed by atoms with Crippen LogP contribution in [-0.4, -0.2) is 88.7 Å². The minimum Gasteiger partial charge on any atom is -0.459 e. The van der Waals surface area contributed by atoms with Crippen LogP contribution in [0, 0.1) is 23.7 Å². The molecule has 250 valence electrons. The van der Waals surface area contributed by atoms with E-state index in [1.165, 1.54) is 0 Å². The number of Topliss-reactive ketones (excluding diaryl/α,β-unsaturated/α-hetero) is 1. The van der Waals surface area contributed by atoms with Crippen LogP contribution < -0.4 is 0 Å². The second-order valence-corrected chi connectivity index (χ2v) is 14.2. The van der Waals surface area contributed by atoms with Gasteiger partial charge in [0.15, 0.2) is 0 Å². The van der Waals surface area contributed by atoms with Gasteiger partial charge in [0.05, 0.1) is 36.1 Å². The van der Waals surface area contributed by atoms with E-state index < -0.39 is 41.9 Å². The van der Waals surface area contributed by atoms with Crippen molar-refractivity contribution < 1.29 is 34.0 Å². The van der Waals surface area contributed by atoms with Crippen molar-refractivity contribution in [3.05, 3.63) is 35.4 Å². The molecule has 3 heterocycles. The van der Waals surface area contributed by atoms with Crippen LogP contribution >= 0.6 is 11.6 Å². The van der Waals surface area contributed by atoms with Crippen LogP contribution in [0.4, 0.5) is 0 Å². The molecule has 6 unspecified atom stereocenters. The molecule has 9 heteroatoms. The van der Waals surface area contributed by atoms with Crippen molar-refractivity contribution in [1.29, 1.82) is 0 Å². The van der Waals surface area contributed by atoms with Crippen LogP contribution in [0.3, 0.4) is 0 Å². The predicted octanol–water partition coefficient (Wildman–Crippen LogP) is 5.59. The van der Waals surface area contributed by atoms with Crippen molar-refractivity contribution in [1.82, 2.24) is 4.90 Å². The lowest BCUT2D eigenvalue weighted by Gasteiger charge is -2.46. The van der Waals surface area contributed by atoms with Crippen molar-refractivity contribution in [2.75, 3.05) is 13.6 Å². The average Bonchev–Trinajstić information content (AvgIpc) is 3.27. The maximum atomic E-state index is 13.6. The molecule has 0 amide bonds. The third-order valence-corrected chi connectivity index (χ3v) is 10.3. The Balaban J connectivity index is 1.86. The van der Waals surface area contributed by atoms with Gasteiger partial charge < -0.3 is 24.4 Å². The summed E-state index contributed by atoms with van der Waals surface area (Å²) in [6, 6.07) is -0.142. The van der Waals surface area contributed by atoms with E-state index in [9.17, 15) is 19.8 Å². The molecular weight excluding hydrogens is 582 g/mol. The summed E-state index contributed by atoms with van der Waals surface area (Å²) in [5.41, 5.74) is -0.687. The molecule has 0 aromatic rings. The number of aliphatic hydroxyl groups excluding tert-OH is 2. The highest BCUT2D eigenvalue weighted by molar-refractivity contribution is 6.31. The van der Waals surface area contributed by atoms with Crippen LogP contribution in [0.2, 0.25) is 0 Å². The van der Waals surface area contributed by atoms with Gasteiger partial charge in [-0.3, -0.25) is 14.5 Å². The van der Waals surface area contributed by atoms with Crippen LogP contribution in [0.15, 0.2) is 35.4 Å². The summed E-state index contributed by atoms with van der Waals surface area (Å²) in [4.78, 5) is 28.7. The molecule has 12 atom stereocenters. The van der Waals surface area contributed by atoms with Crippen LogP contribution in [0.25, 0.3) is 0 Å². The van der Waals surface area contributed by atoms with E-state index in [2.05, 4.69) is 18.7 Å². The lowest BCUT2D eigenvalue weighted by atomic mass is 9.70. The van der Waals surface area contributed by atoms with Gasteiger partial charge in [-0.25, -0.2) is 0 Å². The highest BCUT2D eigenvalue weighted by Gasteiger charge is 2.54. The minimum absolute atomic E-state index is 0.0858. The molecule has 3 rings (SSSR count). The Hall–Kier alpha value is -1.55. The molecule has 0 aliphatic carbocycles. The monoisotopic (exact) mass is 637 g/mol. The fourth-order valence-corrected chi connectivity index (χ4v) is 7.97. The molecule has 3 fully saturated rings. The van der Waals surface area contributed by atoms with Gasteiger partial charge in [0, 0.05) is 29.5 Å². The van der Waals surface area contributed by atoms with E-state index in [0.29, 0.717) is 37.3 Å². The number of hydrogen-bond acceptors (Lipinski definition) is 8. The molecule has 0 saturated carbocycles. The van der Waals surface area contributed by atoms with E-state index >= 15 is 0 Å². The summed E-state index contributed by atoms with van der Waals surface area (Å²) in [6.45, 7) is 14.5. The second-order valence-electron chi connectivity index (χ2n) is 13.7. The van der Waals surface area contributed by atoms with Gasteiger partial charge in [-0.15, -0.1) is 0 Å². The average molecular weight is 638 g/mol. The Morgan fingerprint density at radius 2 is 1.93 bits per heavy atom. The largest absolute Gasteiger partial charge is 0.459 e. The number of halogens is 1. The lowest BCUT2D eigenvalue weighted by molar-refractivity contribution is -0.176. The standard InChI is InChI=1S/C35H56ClNO7/c1-9-13-25(36)15-11-12-16-37(8)27-17-22(4)42-30(32(27)41)18-26-23(5)29(39)19-31(40)43-34(28(38)14-10-2)24(6)33-21(3)20-35(26,7)44-33/h9,11-13,15,21-24,26-28,30,32-34,38,41H,10,14,16-20H2,1-8H3/b12-11+,13-9-,25-15+/t21?,22?,23-,24?,26+,27?,28-,30+,32?,33?,34-,35-/m1/s1. The Bertz CT molecular complexity index is 1060. The number of ether oxygens (including phenoxy) is 3. The first-order valence-corrected chi connectivity index (χ1v) is 16.9. The van der Waals surface area contributed by atoms with Gasteiger partial charge in [0.2, 0.25) is 0 Å². The second kappa shape index (κ2) is 16.3. The zero-order chi connectivity index (χ0) is 32.8. The Morgan fingerprint density at radius 3 is 2.59 bits per heavy atom. The molecule has 2 N–H and O–H groups in total. The predicted molar refractivity (Wildman–Crippen MR) is 173 cm³/mol. The van der Waals surface area contributed by atoms with E-state index in [4.69, 9.17) is 25.8 Å². The molecule has 2 bridgehead atoms. The zero-order valence-corrected chi connectivity index (χ0v) is 28.7. The number of nitrogens with zero attached hydrogens (tertiary/aromatic N) is 1. The fourth-order valence-electron chi connectivity index (χ4n) is 7.77. The summed E-state index contributed by atoms with van der Waals surface area (Å²) in [6.07, 6.45) is 8.94. The number of cyclic esters (lactones) is 1. The summed E-state index contributed by atoms with van der Waals surface area (Å²) in [5, 5.41) is 23.2. The van der Waals surface area contributed by atoms with Crippen LogP contribution in [0.1, 0.15) is 87.0 Å². The van der Waals surface area contributed by atoms with Crippen LogP contribution in [0.5, 0.6) is 0 Å². The Kier molecular flexibility index (Phi) is 13.7. The number of carbonyl (C=O) groups excluding carboxylic acids is 2. The number of esters is 1. The zero-order valence-electron chi connectivity index (χ0n) is 27.9. The highest BCUT2D eigenvalue weighted by Crippen LogP contribution is 2.49. The van der Waals surface area contributed by atoms with E-state index in [-0.39, 0.29) is 48.2 Å². The molecule has 0 spiro atoms. The molecule has 0 aromatic heterocycles. The first-order valence-electron chi connectivity index (χ1n) is 16.5. The van der Waals surface area contributed by atoms with Crippen molar-refractivity contribution in [3.63, 3.8) is 0 Å². The first kappa shape index (κ1) is 36.9. The number of allylic oxidation sites excluding steroid dienone is 5. The Morgan fingerprint density at radius 1 is 1.23 bits per heavy atom. The van der Waals surface area contributed by atoms with Crippen LogP contribution in [-0.2, 0) is 23.8 Å². The molecule has 44 heavy (non-hydrogen) atoms. The fraction of sp³-hybridized carbons (Fsp3) is 0.771. The SMILES string of the molecule is C\C=C/C(Cl)=C\C=C\CN(C)C1CC(C)O[C@@H](C[C@H]2[C@@H](C)C(=O)CC(=O)O[C@@H]([C@H](O)CCC)C(C)C3O[C@]2(C)CC3C)C1O. The van der Waals surface area contributed by atoms with Crippen molar-refractivity contribution >= 4 is 23.4 Å². The number of fused-ring (bicyclic) bond motifs is 2. The van der Waals surface area contributed by atoms with Crippen molar-refractivity contribution in [2.45, 2.75) is 135 Å². The quantitative estimate of drug-likeness (QED) is 0.182. The van der Waals surface area contributed by atoms with Gasteiger partial charge in [-0.2, -0.15) is 0 Å². The van der Waals surface area contributed by atoms with Gasteiger partial charge in [0.25, 0.3) is 0 Å².